The molecule has 4 amide bonds. The zero-order valence-electron chi connectivity index (χ0n) is 12.4. The van der Waals surface area contributed by atoms with Crippen LogP contribution < -0.4 is 10.6 Å². The lowest BCUT2D eigenvalue weighted by molar-refractivity contribution is -0.137. The van der Waals surface area contributed by atoms with Crippen LogP contribution >= 0.6 is 0 Å². The highest BCUT2D eigenvalue weighted by Crippen LogP contribution is 2.32. The van der Waals surface area contributed by atoms with Gasteiger partial charge in [0.15, 0.2) is 0 Å². The predicted molar refractivity (Wildman–Crippen MR) is 79.2 cm³/mol. The van der Waals surface area contributed by atoms with Crippen LogP contribution in [0.25, 0.3) is 0 Å². The number of amides is 4. The Morgan fingerprint density at radius 1 is 1.25 bits per heavy atom. The molecule has 2 aliphatic heterocycles. The first-order valence-corrected chi connectivity index (χ1v) is 7.20. The molecule has 0 spiro atoms. The summed E-state index contributed by atoms with van der Waals surface area (Å²) in [5.41, 5.74) is 0.344. The molecule has 1 aromatic rings. The van der Waals surface area contributed by atoms with Gasteiger partial charge in [0.05, 0.1) is 11.1 Å². The van der Waals surface area contributed by atoms with Gasteiger partial charge in [-0.1, -0.05) is 6.07 Å². The maximum absolute atomic E-state index is 12.7. The molecule has 0 radical (unpaired) electrons. The van der Waals surface area contributed by atoms with Crippen LogP contribution in [0.15, 0.2) is 18.2 Å². The molecule has 0 saturated carbocycles. The molecule has 1 fully saturated rings. The van der Waals surface area contributed by atoms with Gasteiger partial charge in [0, 0.05) is 12.1 Å². The van der Waals surface area contributed by atoms with Gasteiger partial charge in [0.1, 0.15) is 12.6 Å². The molecule has 0 unspecified atom stereocenters. The van der Waals surface area contributed by atoms with Gasteiger partial charge in [0.25, 0.3) is 11.8 Å². The quantitative estimate of drug-likeness (QED) is 0.638. The third-order valence-corrected chi connectivity index (χ3v) is 3.90. The molecule has 1 atom stereocenters. The number of rotatable bonds is 4. The Morgan fingerprint density at radius 2 is 2.00 bits per heavy atom. The predicted octanol–water partition coefficient (Wildman–Crippen LogP) is -0.416. The first-order chi connectivity index (χ1) is 11.4. The van der Waals surface area contributed by atoms with Crippen molar-refractivity contribution in [2.75, 3.05) is 11.9 Å². The number of nitrogens with zero attached hydrogens (tertiary/aromatic N) is 1. The Bertz CT molecular complexity index is 787. The van der Waals surface area contributed by atoms with Gasteiger partial charge < -0.3 is 10.4 Å². The molecule has 0 aromatic heterocycles. The Morgan fingerprint density at radius 3 is 2.67 bits per heavy atom. The molecule has 2 heterocycles. The minimum absolute atomic E-state index is 0.0356. The number of fused-ring (bicyclic) bond motifs is 1. The second-order valence-corrected chi connectivity index (χ2v) is 5.42. The molecule has 1 saturated heterocycles. The van der Waals surface area contributed by atoms with Crippen LogP contribution in [0.4, 0.5) is 5.69 Å². The lowest BCUT2D eigenvalue weighted by Crippen LogP contribution is -2.54. The van der Waals surface area contributed by atoms with Crippen molar-refractivity contribution in [2.45, 2.75) is 18.9 Å². The molecule has 124 valence electrons. The van der Waals surface area contributed by atoms with Crippen LogP contribution in [0, 0.1) is 0 Å². The maximum atomic E-state index is 12.7. The monoisotopic (exact) mass is 331 g/mol. The summed E-state index contributed by atoms with van der Waals surface area (Å²) in [5, 5.41) is 13.4. The molecule has 9 nitrogen and oxygen atoms in total. The number of piperidine rings is 1. The lowest BCUT2D eigenvalue weighted by Gasteiger charge is -2.27. The fourth-order valence-corrected chi connectivity index (χ4v) is 2.83. The summed E-state index contributed by atoms with van der Waals surface area (Å²) in [6.07, 6.45) is 0.0992. The summed E-state index contributed by atoms with van der Waals surface area (Å²) in [7, 11) is 0. The van der Waals surface area contributed by atoms with Crippen LogP contribution in [-0.4, -0.2) is 52.2 Å². The first-order valence-electron chi connectivity index (χ1n) is 7.20. The normalized spacial score (nSPS) is 20.0. The van der Waals surface area contributed by atoms with Crippen molar-refractivity contribution in [3.8, 4) is 0 Å². The lowest BCUT2D eigenvalue weighted by atomic mass is 10.0. The van der Waals surface area contributed by atoms with Crippen molar-refractivity contribution in [1.29, 1.82) is 0 Å². The van der Waals surface area contributed by atoms with Crippen LogP contribution in [0.5, 0.6) is 0 Å². The number of carbonyl (C=O) groups is 5. The number of carboxylic acid groups (broad SMARTS) is 1. The van der Waals surface area contributed by atoms with Gasteiger partial charge in [0.2, 0.25) is 11.8 Å². The van der Waals surface area contributed by atoms with Crippen molar-refractivity contribution in [2.24, 2.45) is 0 Å². The van der Waals surface area contributed by atoms with E-state index in [1.165, 1.54) is 18.2 Å². The molecule has 1 aromatic carbocycles. The van der Waals surface area contributed by atoms with Crippen molar-refractivity contribution < 1.29 is 29.1 Å². The standard InChI is InChI=1S/C15H13N3O6/c19-10-5-4-9(13(22)17-10)18-14(23)7-2-1-3-8(12(7)15(18)24)16-6-11(20)21/h1-3,9,16H,4-6H2,(H,20,21)(H,17,19,22)/t9-/m0/s1. The minimum Gasteiger partial charge on any atom is -0.480 e. The average Bonchev–Trinajstić information content (AvgIpc) is 2.78. The minimum atomic E-state index is -1.12. The highest BCUT2D eigenvalue weighted by Gasteiger charge is 2.45. The molecule has 2 aliphatic rings. The van der Waals surface area contributed by atoms with E-state index >= 15 is 0 Å². The van der Waals surface area contributed by atoms with E-state index in [0.29, 0.717) is 0 Å². The third kappa shape index (κ3) is 2.49. The number of carbonyl (C=O) groups excluding carboxylic acids is 4. The van der Waals surface area contributed by atoms with E-state index in [-0.39, 0.29) is 29.7 Å². The Labute approximate surface area is 135 Å². The first kappa shape index (κ1) is 15.7. The Balaban J connectivity index is 1.94. The van der Waals surface area contributed by atoms with Crippen molar-refractivity contribution in [3.63, 3.8) is 0 Å². The highest BCUT2D eigenvalue weighted by atomic mass is 16.4. The summed E-state index contributed by atoms with van der Waals surface area (Å²) in [6, 6.07) is 3.39. The molecule has 3 N–H and O–H groups in total. The van der Waals surface area contributed by atoms with E-state index in [1.54, 1.807) is 0 Å². The van der Waals surface area contributed by atoms with E-state index < -0.39 is 42.2 Å². The van der Waals surface area contributed by atoms with Crippen LogP contribution in [0.3, 0.4) is 0 Å². The fraction of sp³-hybridized carbons (Fsp3) is 0.267. The van der Waals surface area contributed by atoms with Gasteiger partial charge in [-0.15, -0.1) is 0 Å². The van der Waals surface area contributed by atoms with E-state index in [1.807, 2.05) is 0 Å². The number of carboxylic acids is 1. The average molecular weight is 331 g/mol. The van der Waals surface area contributed by atoms with E-state index in [9.17, 15) is 24.0 Å². The molecule has 24 heavy (non-hydrogen) atoms. The summed E-state index contributed by atoms with van der Waals surface area (Å²) in [6.45, 7) is -0.420. The van der Waals surface area contributed by atoms with Gasteiger partial charge in [-0.05, 0) is 18.6 Å². The van der Waals surface area contributed by atoms with Gasteiger partial charge >= 0.3 is 5.97 Å². The highest BCUT2D eigenvalue weighted by molar-refractivity contribution is 6.25. The number of aliphatic carboxylic acids is 1. The summed E-state index contributed by atoms with van der Waals surface area (Å²) >= 11 is 0. The van der Waals surface area contributed by atoms with Crippen molar-refractivity contribution >= 4 is 35.3 Å². The van der Waals surface area contributed by atoms with Gasteiger partial charge in [-0.25, -0.2) is 0 Å². The molecule has 3 rings (SSSR count). The molecule has 0 bridgehead atoms. The SMILES string of the molecule is O=C(O)CNc1cccc2c1C(=O)N([C@H]1CCC(=O)NC1=O)C2=O. The molecular weight excluding hydrogens is 318 g/mol. The third-order valence-electron chi connectivity index (χ3n) is 3.90. The van der Waals surface area contributed by atoms with Crippen molar-refractivity contribution in [3.05, 3.63) is 29.3 Å². The van der Waals surface area contributed by atoms with Gasteiger partial charge in [-0.3, -0.25) is 34.2 Å². The Kier molecular flexibility index (Phi) is 3.76. The Hall–Kier alpha value is -3.23. The summed E-state index contributed by atoms with van der Waals surface area (Å²) in [5.74, 6) is -3.58. The number of benzene rings is 1. The number of imide groups is 2. The molecular formula is C15H13N3O6. The van der Waals surface area contributed by atoms with Crippen LogP contribution in [-0.2, 0) is 14.4 Å². The topological polar surface area (TPSA) is 133 Å². The molecule has 0 aliphatic carbocycles. The summed E-state index contributed by atoms with van der Waals surface area (Å²) in [4.78, 5) is 59.9. The smallest absolute Gasteiger partial charge is 0.322 e. The second kappa shape index (κ2) is 5.76. The van der Waals surface area contributed by atoms with Crippen molar-refractivity contribution in [1.82, 2.24) is 10.2 Å². The molecule has 9 heteroatoms. The van der Waals surface area contributed by atoms with Gasteiger partial charge in [-0.2, -0.15) is 0 Å². The van der Waals surface area contributed by atoms with Crippen LogP contribution in [0.1, 0.15) is 33.6 Å². The van der Waals surface area contributed by atoms with E-state index in [4.69, 9.17) is 5.11 Å². The zero-order valence-corrected chi connectivity index (χ0v) is 12.4. The second-order valence-electron chi connectivity index (χ2n) is 5.42. The number of anilines is 1. The number of nitrogens with one attached hydrogen (secondary N) is 2. The van der Waals surface area contributed by atoms with E-state index in [2.05, 4.69) is 10.6 Å². The number of hydrogen-bond acceptors (Lipinski definition) is 6. The van der Waals surface area contributed by atoms with Crippen LogP contribution in [0.2, 0.25) is 0 Å². The van der Waals surface area contributed by atoms with E-state index in [0.717, 1.165) is 4.90 Å². The largest absolute Gasteiger partial charge is 0.480 e. The number of hydrogen-bond donors (Lipinski definition) is 3. The summed E-state index contributed by atoms with van der Waals surface area (Å²) < 4.78 is 0. The fourth-order valence-electron chi connectivity index (χ4n) is 2.83. The maximum Gasteiger partial charge on any atom is 0.322 e. The zero-order chi connectivity index (χ0) is 17.4.